The predicted molar refractivity (Wildman–Crippen MR) is 79.4 cm³/mol. The lowest BCUT2D eigenvalue weighted by Gasteiger charge is -2.32. The van der Waals surface area contributed by atoms with Crippen molar-refractivity contribution in [2.24, 2.45) is 0 Å². The molecule has 0 unspecified atom stereocenters. The molecule has 16 heavy (non-hydrogen) atoms. The lowest BCUT2D eigenvalue weighted by Crippen LogP contribution is -2.44. The molecule has 2 rings (SSSR count). The van der Waals surface area contributed by atoms with Crippen LogP contribution in [0.2, 0.25) is 0 Å². The van der Waals surface area contributed by atoms with Gasteiger partial charge in [-0.25, -0.2) is 0 Å². The van der Waals surface area contributed by atoms with Crippen LogP contribution in [-0.2, 0) is 0 Å². The van der Waals surface area contributed by atoms with Gasteiger partial charge < -0.3 is 5.32 Å². The van der Waals surface area contributed by atoms with Gasteiger partial charge in [0.05, 0.1) is 3.79 Å². The first-order valence-corrected chi connectivity index (χ1v) is 6.58. The summed E-state index contributed by atoms with van der Waals surface area (Å²) in [4.78, 5) is 3.99. The van der Waals surface area contributed by atoms with Crippen molar-refractivity contribution in [3.05, 3.63) is 20.8 Å². The van der Waals surface area contributed by atoms with Crippen molar-refractivity contribution in [3.8, 4) is 0 Å². The highest BCUT2D eigenvalue weighted by molar-refractivity contribution is 9.11. The maximum Gasteiger partial charge on any atom is 0.0701 e. The third-order valence-corrected chi connectivity index (χ3v) is 4.50. The summed E-state index contributed by atoms with van der Waals surface area (Å²) >= 11 is 5.36. The highest BCUT2D eigenvalue weighted by Gasteiger charge is 2.18. The van der Waals surface area contributed by atoms with Crippen molar-refractivity contribution in [2.45, 2.75) is 13.0 Å². The van der Waals surface area contributed by atoms with Crippen LogP contribution in [0.4, 0.5) is 0 Å². The zero-order valence-electron chi connectivity index (χ0n) is 9.11. The van der Waals surface area contributed by atoms with E-state index in [9.17, 15) is 0 Å². The largest absolute Gasteiger partial charge is 0.314 e. The van der Waals surface area contributed by atoms with E-state index in [1.54, 1.807) is 0 Å². The average molecular weight is 348 g/mol. The SMILES string of the molecule is C[C@@H](c1ccc(Br)s1)N1CCNCC1.Cl.Cl. The number of rotatable bonds is 2. The molecule has 1 aliphatic rings. The molecule has 1 aromatic rings. The maximum absolute atomic E-state index is 3.51. The molecule has 2 heterocycles. The van der Waals surface area contributed by atoms with Gasteiger partial charge in [-0.05, 0) is 35.0 Å². The topological polar surface area (TPSA) is 15.3 Å². The number of piperazine rings is 1. The van der Waals surface area contributed by atoms with Crippen molar-refractivity contribution in [1.82, 2.24) is 10.2 Å². The Bertz CT molecular complexity index is 303. The fraction of sp³-hybridized carbons (Fsp3) is 0.600. The lowest BCUT2D eigenvalue weighted by molar-refractivity contribution is 0.188. The summed E-state index contributed by atoms with van der Waals surface area (Å²) in [7, 11) is 0. The minimum atomic E-state index is 0. The van der Waals surface area contributed by atoms with E-state index in [4.69, 9.17) is 0 Å². The van der Waals surface area contributed by atoms with E-state index in [0.717, 1.165) is 26.2 Å². The molecule has 0 aliphatic carbocycles. The van der Waals surface area contributed by atoms with Crippen LogP contribution >= 0.6 is 52.1 Å². The van der Waals surface area contributed by atoms with Crippen LogP contribution < -0.4 is 5.32 Å². The third-order valence-electron chi connectivity index (χ3n) is 2.71. The molecule has 1 N–H and O–H groups in total. The fourth-order valence-electron chi connectivity index (χ4n) is 1.80. The first-order valence-electron chi connectivity index (χ1n) is 4.97. The molecular weight excluding hydrogens is 331 g/mol. The van der Waals surface area contributed by atoms with E-state index in [1.807, 2.05) is 11.3 Å². The van der Waals surface area contributed by atoms with Crippen LogP contribution in [0.15, 0.2) is 15.9 Å². The van der Waals surface area contributed by atoms with Gasteiger partial charge in [0.1, 0.15) is 0 Å². The van der Waals surface area contributed by atoms with E-state index in [-0.39, 0.29) is 24.8 Å². The quantitative estimate of drug-likeness (QED) is 0.882. The number of thiophene rings is 1. The Labute approximate surface area is 122 Å². The summed E-state index contributed by atoms with van der Waals surface area (Å²) in [6.45, 7) is 6.87. The van der Waals surface area contributed by atoms with Crippen LogP contribution in [0.5, 0.6) is 0 Å². The van der Waals surface area contributed by atoms with Crippen LogP contribution in [0.25, 0.3) is 0 Å². The molecule has 0 amide bonds. The number of hydrogen-bond acceptors (Lipinski definition) is 3. The number of nitrogens with one attached hydrogen (secondary N) is 1. The van der Waals surface area contributed by atoms with E-state index in [0.29, 0.717) is 6.04 Å². The third kappa shape index (κ3) is 4.17. The summed E-state index contributed by atoms with van der Waals surface area (Å²) < 4.78 is 1.23. The van der Waals surface area contributed by atoms with Gasteiger partial charge in [-0.15, -0.1) is 36.2 Å². The molecule has 1 atom stereocenters. The highest BCUT2D eigenvalue weighted by atomic mass is 79.9. The number of hydrogen-bond donors (Lipinski definition) is 1. The van der Waals surface area contributed by atoms with Crippen LogP contribution in [-0.4, -0.2) is 31.1 Å². The van der Waals surface area contributed by atoms with Gasteiger partial charge >= 0.3 is 0 Å². The Morgan fingerprint density at radius 3 is 2.44 bits per heavy atom. The first kappa shape index (κ1) is 16.7. The second kappa shape index (κ2) is 7.90. The van der Waals surface area contributed by atoms with Crippen LogP contribution in [0, 0.1) is 0 Å². The predicted octanol–water partition coefficient (Wildman–Crippen LogP) is 3.32. The number of nitrogens with zero attached hydrogens (tertiary/aromatic N) is 1. The zero-order valence-corrected chi connectivity index (χ0v) is 13.1. The second-order valence-electron chi connectivity index (χ2n) is 3.60. The minimum absolute atomic E-state index is 0. The monoisotopic (exact) mass is 346 g/mol. The molecule has 0 saturated carbocycles. The van der Waals surface area contributed by atoms with Gasteiger partial charge in [-0.1, -0.05) is 0 Å². The summed E-state index contributed by atoms with van der Waals surface area (Å²) in [6.07, 6.45) is 0. The van der Waals surface area contributed by atoms with Gasteiger partial charge in [-0.3, -0.25) is 4.90 Å². The maximum atomic E-state index is 3.51. The van der Waals surface area contributed by atoms with Gasteiger partial charge in [0.25, 0.3) is 0 Å². The Morgan fingerprint density at radius 1 is 1.31 bits per heavy atom. The van der Waals surface area contributed by atoms with Crippen molar-refractivity contribution in [2.75, 3.05) is 26.2 Å². The fourth-order valence-corrected chi connectivity index (χ4v) is 3.31. The Hall–Kier alpha value is 0.680. The Kier molecular flexibility index (Phi) is 8.24. The molecule has 2 nitrogen and oxygen atoms in total. The summed E-state index contributed by atoms with van der Waals surface area (Å²) in [5.41, 5.74) is 0. The molecular formula is C10H17BrCl2N2S. The molecule has 1 fully saturated rings. The Morgan fingerprint density at radius 2 is 1.94 bits per heavy atom. The van der Waals surface area contributed by atoms with Gasteiger partial charge in [-0.2, -0.15) is 0 Å². The number of halogens is 3. The molecule has 1 aliphatic heterocycles. The van der Waals surface area contributed by atoms with E-state index in [1.165, 1.54) is 8.66 Å². The Balaban J connectivity index is 0.00000112. The molecule has 6 heteroatoms. The molecule has 0 aromatic carbocycles. The summed E-state index contributed by atoms with van der Waals surface area (Å²) in [6, 6.07) is 4.92. The second-order valence-corrected chi connectivity index (χ2v) is 6.10. The van der Waals surface area contributed by atoms with Crippen molar-refractivity contribution >= 4 is 52.1 Å². The van der Waals surface area contributed by atoms with E-state index in [2.05, 4.69) is 45.2 Å². The van der Waals surface area contributed by atoms with Crippen molar-refractivity contribution < 1.29 is 0 Å². The van der Waals surface area contributed by atoms with Gasteiger partial charge in [0.15, 0.2) is 0 Å². The van der Waals surface area contributed by atoms with Gasteiger partial charge in [0.2, 0.25) is 0 Å². The van der Waals surface area contributed by atoms with Crippen molar-refractivity contribution in [3.63, 3.8) is 0 Å². The van der Waals surface area contributed by atoms with Crippen LogP contribution in [0.1, 0.15) is 17.8 Å². The molecule has 0 radical (unpaired) electrons. The molecule has 1 saturated heterocycles. The van der Waals surface area contributed by atoms with E-state index >= 15 is 0 Å². The average Bonchev–Trinajstić information content (AvgIpc) is 2.65. The molecule has 94 valence electrons. The molecule has 0 spiro atoms. The normalized spacial score (nSPS) is 18.4. The zero-order chi connectivity index (χ0) is 9.97. The van der Waals surface area contributed by atoms with Crippen molar-refractivity contribution in [1.29, 1.82) is 0 Å². The standard InChI is InChI=1S/C10H15BrN2S.2ClH/c1-8(9-2-3-10(11)14-9)13-6-4-12-5-7-13;;/h2-3,8,12H,4-7H2,1H3;2*1H/t8-;;/m0../s1. The summed E-state index contributed by atoms with van der Waals surface area (Å²) in [5.74, 6) is 0. The molecule has 1 aromatic heterocycles. The minimum Gasteiger partial charge on any atom is -0.314 e. The first-order chi connectivity index (χ1) is 6.77. The summed E-state index contributed by atoms with van der Waals surface area (Å²) in [5, 5.41) is 3.38. The lowest BCUT2D eigenvalue weighted by atomic mass is 10.2. The highest BCUT2D eigenvalue weighted by Crippen LogP contribution is 2.30. The van der Waals surface area contributed by atoms with Crippen LogP contribution in [0.3, 0.4) is 0 Å². The smallest absolute Gasteiger partial charge is 0.0701 e. The molecule has 0 bridgehead atoms. The van der Waals surface area contributed by atoms with Gasteiger partial charge in [0, 0.05) is 37.1 Å². The van der Waals surface area contributed by atoms with E-state index < -0.39 is 0 Å².